The third kappa shape index (κ3) is 4.11. The van der Waals surface area contributed by atoms with E-state index in [1.165, 1.54) is 18.4 Å². The Hall–Kier alpha value is -2.67. The summed E-state index contributed by atoms with van der Waals surface area (Å²) < 4.78 is 9.91. The van der Waals surface area contributed by atoms with Crippen molar-refractivity contribution in [2.75, 3.05) is 6.54 Å². The van der Waals surface area contributed by atoms with Crippen LogP contribution < -0.4 is 10.1 Å². The van der Waals surface area contributed by atoms with E-state index < -0.39 is 0 Å². The molecule has 0 bridgehead atoms. The van der Waals surface area contributed by atoms with Gasteiger partial charge in [0.05, 0.1) is 0 Å². The van der Waals surface area contributed by atoms with Gasteiger partial charge in [0.15, 0.2) is 0 Å². The number of ether oxygens (including phenoxy) is 1. The quantitative estimate of drug-likeness (QED) is 0.598. The second-order valence-electron chi connectivity index (χ2n) is 6.72. The summed E-state index contributed by atoms with van der Waals surface area (Å²) in [5.41, 5.74) is 1.24. The Balaban J connectivity index is 1.20. The predicted octanol–water partition coefficient (Wildman–Crippen LogP) is 2.26. The van der Waals surface area contributed by atoms with Gasteiger partial charge in [-0.1, -0.05) is 12.1 Å². The minimum Gasteiger partial charge on any atom is -0.486 e. The number of aryl methyl sites for hydroxylation is 1. The summed E-state index contributed by atoms with van der Waals surface area (Å²) in [7, 11) is 1.97. The molecule has 0 aliphatic heterocycles. The van der Waals surface area contributed by atoms with Crippen molar-refractivity contribution in [2.24, 2.45) is 7.05 Å². The summed E-state index contributed by atoms with van der Waals surface area (Å²) >= 11 is 0. The van der Waals surface area contributed by atoms with Crippen molar-refractivity contribution in [2.45, 2.75) is 38.5 Å². The maximum Gasteiger partial charge on any atom is 0.146 e. The molecule has 0 radical (unpaired) electrons. The molecule has 26 heavy (non-hydrogen) atoms. The fourth-order valence-corrected chi connectivity index (χ4v) is 2.91. The second kappa shape index (κ2) is 7.70. The molecule has 7 nitrogen and oxygen atoms in total. The van der Waals surface area contributed by atoms with Gasteiger partial charge in [-0.25, -0.2) is 4.98 Å². The number of aromatic nitrogens is 5. The highest BCUT2D eigenvalue weighted by molar-refractivity contribution is 5.27. The molecule has 2 aromatic heterocycles. The molecule has 1 N–H and O–H groups in total. The van der Waals surface area contributed by atoms with Gasteiger partial charge in [-0.05, 0) is 30.5 Å². The summed E-state index contributed by atoms with van der Waals surface area (Å²) in [6, 6.07) is 8.19. The van der Waals surface area contributed by atoms with Crippen LogP contribution in [0.25, 0.3) is 0 Å². The summed E-state index contributed by atoms with van der Waals surface area (Å²) in [5, 5.41) is 11.7. The van der Waals surface area contributed by atoms with Gasteiger partial charge in [0.1, 0.15) is 30.3 Å². The van der Waals surface area contributed by atoms with Gasteiger partial charge in [-0.3, -0.25) is 0 Å². The van der Waals surface area contributed by atoms with Crippen LogP contribution in [0.4, 0.5) is 0 Å². The molecule has 0 saturated heterocycles. The molecule has 4 rings (SSSR count). The Morgan fingerprint density at radius 2 is 2.08 bits per heavy atom. The Kier molecular flexibility index (Phi) is 4.97. The van der Waals surface area contributed by atoms with Crippen LogP contribution in [0.15, 0.2) is 43.0 Å². The molecule has 1 fully saturated rings. The van der Waals surface area contributed by atoms with E-state index in [1.54, 1.807) is 6.20 Å². The Labute approximate surface area is 153 Å². The lowest BCUT2D eigenvalue weighted by atomic mass is 10.2. The number of benzene rings is 1. The number of hydrogen-bond acceptors (Lipinski definition) is 5. The minimum absolute atomic E-state index is 0.476. The van der Waals surface area contributed by atoms with Crippen LogP contribution in [0.1, 0.15) is 36.0 Å². The van der Waals surface area contributed by atoms with Gasteiger partial charge in [-0.15, -0.1) is 10.2 Å². The zero-order chi connectivity index (χ0) is 17.8. The zero-order valence-electron chi connectivity index (χ0n) is 15.0. The van der Waals surface area contributed by atoms with Crippen LogP contribution in [0.3, 0.4) is 0 Å². The highest BCUT2D eigenvalue weighted by atomic mass is 16.5. The topological polar surface area (TPSA) is 69.8 Å². The van der Waals surface area contributed by atoms with Crippen molar-refractivity contribution >= 4 is 0 Å². The Morgan fingerprint density at radius 1 is 1.23 bits per heavy atom. The molecule has 136 valence electrons. The largest absolute Gasteiger partial charge is 0.486 e. The fraction of sp³-hybridized carbons (Fsp3) is 0.421. The van der Waals surface area contributed by atoms with Crippen molar-refractivity contribution in [3.63, 3.8) is 0 Å². The molecule has 0 unspecified atom stereocenters. The number of rotatable bonds is 9. The first-order valence-electron chi connectivity index (χ1n) is 9.06. The number of nitrogens with zero attached hydrogens (tertiary/aromatic N) is 5. The SMILES string of the molecule is Cn1ccnc1COc1ccc(CNCCn2cnnc2C2CC2)cc1. The Morgan fingerprint density at radius 3 is 2.81 bits per heavy atom. The van der Waals surface area contributed by atoms with Gasteiger partial charge in [-0.2, -0.15) is 0 Å². The van der Waals surface area contributed by atoms with Crippen LogP contribution >= 0.6 is 0 Å². The predicted molar refractivity (Wildman–Crippen MR) is 97.7 cm³/mol. The molecular weight excluding hydrogens is 328 g/mol. The van der Waals surface area contributed by atoms with Crippen molar-refractivity contribution < 1.29 is 4.74 Å². The molecule has 1 aliphatic rings. The van der Waals surface area contributed by atoms with E-state index in [-0.39, 0.29) is 0 Å². The van der Waals surface area contributed by atoms with Gasteiger partial charge >= 0.3 is 0 Å². The molecule has 1 aliphatic carbocycles. The van der Waals surface area contributed by atoms with Crippen LogP contribution in [0.2, 0.25) is 0 Å². The summed E-state index contributed by atoms with van der Waals surface area (Å²) in [6.45, 7) is 3.11. The first kappa shape index (κ1) is 16.8. The van der Waals surface area contributed by atoms with Crippen molar-refractivity contribution in [1.29, 1.82) is 0 Å². The smallest absolute Gasteiger partial charge is 0.146 e. The first-order chi connectivity index (χ1) is 12.8. The lowest BCUT2D eigenvalue weighted by molar-refractivity contribution is 0.291. The summed E-state index contributed by atoms with van der Waals surface area (Å²) in [4.78, 5) is 4.26. The molecular formula is C19H24N6O. The Bertz CT molecular complexity index is 834. The zero-order valence-corrected chi connectivity index (χ0v) is 15.0. The van der Waals surface area contributed by atoms with Crippen LogP contribution in [0.5, 0.6) is 5.75 Å². The highest BCUT2D eigenvalue weighted by Gasteiger charge is 2.28. The molecule has 0 atom stereocenters. The van der Waals surface area contributed by atoms with E-state index in [2.05, 4.69) is 37.2 Å². The molecule has 3 aromatic rings. The van der Waals surface area contributed by atoms with E-state index in [9.17, 15) is 0 Å². The number of hydrogen-bond donors (Lipinski definition) is 1. The molecule has 1 saturated carbocycles. The van der Waals surface area contributed by atoms with Crippen LogP contribution in [-0.4, -0.2) is 30.9 Å². The first-order valence-corrected chi connectivity index (χ1v) is 9.06. The molecule has 2 heterocycles. The van der Waals surface area contributed by atoms with E-state index in [0.717, 1.165) is 37.0 Å². The van der Waals surface area contributed by atoms with E-state index in [1.807, 2.05) is 36.3 Å². The van der Waals surface area contributed by atoms with Gasteiger partial charge in [0, 0.05) is 45.0 Å². The van der Waals surface area contributed by atoms with Crippen molar-refractivity contribution in [1.82, 2.24) is 29.6 Å². The van der Waals surface area contributed by atoms with Gasteiger partial charge in [0.25, 0.3) is 0 Å². The maximum atomic E-state index is 5.78. The monoisotopic (exact) mass is 352 g/mol. The van der Waals surface area contributed by atoms with Crippen LogP contribution in [-0.2, 0) is 26.7 Å². The molecule has 1 aromatic carbocycles. The molecule has 7 heteroatoms. The van der Waals surface area contributed by atoms with Crippen molar-refractivity contribution in [3.8, 4) is 5.75 Å². The number of imidazole rings is 1. The fourth-order valence-electron chi connectivity index (χ4n) is 2.91. The second-order valence-corrected chi connectivity index (χ2v) is 6.72. The van der Waals surface area contributed by atoms with Crippen molar-refractivity contribution in [3.05, 3.63) is 60.2 Å². The van der Waals surface area contributed by atoms with Crippen LogP contribution in [0, 0.1) is 0 Å². The van der Waals surface area contributed by atoms with E-state index in [4.69, 9.17) is 4.74 Å². The summed E-state index contributed by atoms with van der Waals surface area (Å²) in [5.74, 6) is 3.54. The third-order valence-corrected chi connectivity index (χ3v) is 4.66. The molecule has 0 spiro atoms. The minimum atomic E-state index is 0.476. The average Bonchev–Trinajstić information content (AvgIpc) is 3.26. The van der Waals surface area contributed by atoms with Gasteiger partial charge in [0.2, 0.25) is 0 Å². The van der Waals surface area contributed by atoms with Gasteiger partial charge < -0.3 is 19.2 Å². The van der Waals surface area contributed by atoms with E-state index in [0.29, 0.717) is 12.5 Å². The van der Waals surface area contributed by atoms with E-state index >= 15 is 0 Å². The normalized spacial score (nSPS) is 13.9. The lowest BCUT2D eigenvalue weighted by Gasteiger charge is -2.09. The maximum absolute atomic E-state index is 5.78. The standard InChI is InChI=1S/C19H24N6O/c1-24-10-9-21-18(24)13-26-17-6-2-15(3-7-17)12-20-8-11-25-14-22-23-19(25)16-4-5-16/h2-3,6-7,9-10,14,16,20H,4-5,8,11-13H2,1H3. The third-order valence-electron chi connectivity index (χ3n) is 4.66. The average molecular weight is 352 g/mol. The lowest BCUT2D eigenvalue weighted by Crippen LogP contribution is -2.20. The summed E-state index contributed by atoms with van der Waals surface area (Å²) in [6.07, 6.45) is 8.03. The highest BCUT2D eigenvalue weighted by Crippen LogP contribution is 2.38. The number of nitrogens with one attached hydrogen (secondary N) is 1. The molecule has 0 amide bonds.